The van der Waals surface area contributed by atoms with E-state index in [1.165, 1.54) is 28.3 Å². The number of aromatic nitrogens is 2. The molecule has 5 N–H and O–H groups in total. The second kappa shape index (κ2) is 24.6. The Kier molecular flexibility index (Phi) is 19.4. The smallest absolute Gasteiger partial charge is 0.419 e. The minimum absolute atomic E-state index is 0.00791. The average molecular weight is 1080 g/mol. The minimum Gasteiger partial charge on any atom is -0.444 e. The molecule has 2 atom stereocenters. The lowest BCUT2D eigenvalue weighted by atomic mass is 10.0. The Hall–Kier alpha value is -5.79. The van der Waals surface area contributed by atoms with Gasteiger partial charge in [0.05, 0.1) is 16.2 Å². The van der Waals surface area contributed by atoms with Gasteiger partial charge in [-0.3, -0.25) is 19.0 Å². The van der Waals surface area contributed by atoms with Crippen LogP contribution in [-0.4, -0.2) is 99.5 Å². The van der Waals surface area contributed by atoms with Crippen LogP contribution in [0.25, 0.3) is 10.9 Å². The van der Waals surface area contributed by atoms with E-state index >= 15 is 4.79 Å². The maximum atomic E-state index is 15.1. The van der Waals surface area contributed by atoms with Crippen molar-refractivity contribution in [1.82, 2.24) is 41.0 Å². The first-order valence-corrected chi connectivity index (χ1v) is 25.4. The number of likely N-dealkylation sites (N-methyl/N-ethyl adjacent to an activating group) is 1. The fourth-order valence-electron chi connectivity index (χ4n) is 7.41. The molecule has 3 heterocycles. The molecule has 0 aliphatic carbocycles. The number of hydrogen-bond acceptors (Lipinski definition) is 12. The van der Waals surface area contributed by atoms with E-state index < -0.39 is 64.9 Å². The first-order valence-electron chi connectivity index (χ1n) is 23.4. The molecular formula is C51H66BrClN8O9S. The van der Waals surface area contributed by atoms with Crippen molar-refractivity contribution >= 4 is 86.2 Å². The van der Waals surface area contributed by atoms with Gasteiger partial charge in [-0.25, -0.2) is 19.4 Å². The predicted molar refractivity (Wildman–Crippen MR) is 277 cm³/mol. The van der Waals surface area contributed by atoms with Crippen molar-refractivity contribution in [2.24, 2.45) is 0 Å². The maximum absolute atomic E-state index is 15.1. The Morgan fingerprint density at radius 3 is 2.18 bits per heavy atom. The van der Waals surface area contributed by atoms with Crippen LogP contribution in [0.3, 0.4) is 0 Å². The monoisotopic (exact) mass is 1080 g/mol. The molecule has 4 aromatic rings. The predicted octanol–water partition coefficient (Wildman–Crippen LogP) is 9.15. The van der Waals surface area contributed by atoms with Crippen molar-refractivity contribution in [2.75, 3.05) is 20.1 Å². The molecule has 0 saturated carbocycles. The highest BCUT2D eigenvalue weighted by molar-refractivity contribution is 9.10. The number of alkyl carbamates (subject to hydrolysis) is 2. The lowest BCUT2D eigenvalue weighted by Gasteiger charge is -2.31. The van der Waals surface area contributed by atoms with Crippen LogP contribution in [0, 0.1) is 0 Å². The van der Waals surface area contributed by atoms with E-state index in [4.69, 9.17) is 25.8 Å². The highest BCUT2D eigenvalue weighted by Crippen LogP contribution is 2.39. The van der Waals surface area contributed by atoms with Crippen molar-refractivity contribution < 1.29 is 43.0 Å². The molecule has 0 saturated heterocycles. The first kappa shape index (κ1) is 56.1. The number of halogens is 2. The molecule has 0 spiro atoms. The van der Waals surface area contributed by atoms with E-state index in [1.54, 1.807) is 105 Å². The largest absolute Gasteiger partial charge is 0.444 e. The summed E-state index contributed by atoms with van der Waals surface area (Å²) in [5.41, 5.74) is 0.421. The fourth-order valence-corrected chi connectivity index (χ4v) is 9.40. The fraction of sp³-hybridized carbons (Fsp3) is 0.471. The van der Waals surface area contributed by atoms with Gasteiger partial charge in [-0.15, -0.1) is 0 Å². The van der Waals surface area contributed by atoms with Crippen molar-refractivity contribution in [2.45, 2.75) is 146 Å². The van der Waals surface area contributed by atoms with Gasteiger partial charge in [0, 0.05) is 72.4 Å². The topological polar surface area (TPSA) is 211 Å². The Balaban J connectivity index is 1.58. The summed E-state index contributed by atoms with van der Waals surface area (Å²) >= 11 is 11.8. The molecule has 2 aromatic heterocycles. The summed E-state index contributed by atoms with van der Waals surface area (Å²) in [6, 6.07) is 12.1. The van der Waals surface area contributed by atoms with Crippen LogP contribution in [0.4, 0.5) is 14.4 Å². The van der Waals surface area contributed by atoms with Crippen molar-refractivity contribution in [1.29, 1.82) is 0 Å². The molecule has 5 amide bonds. The molecule has 384 valence electrons. The highest BCUT2D eigenvalue weighted by atomic mass is 79.9. The number of ether oxygens (including phenoxy) is 3. The summed E-state index contributed by atoms with van der Waals surface area (Å²) in [6.45, 7) is 16.4. The Morgan fingerprint density at radius 1 is 0.859 bits per heavy atom. The summed E-state index contributed by atoms with van der Waals surface area (Å²) < 4.78 is 18.6. The third kappa shape index (κ3) is 17.2. The van der Waals surface area contributed by atoms with Crippen LogP contribution in [0.15, 0.2) is 87.1 Å². The van der Waals surface area contributed by atoms with Crippen molar-refractivity contribution in [3.05, 3.63) is 98.9 Å². The number of fused-ring (bicyclic) bond motifs is 3. The summed E-state index contributed by atoms with van der Waals surface area (Å²) in [4.78, 5) is 89.7. The number of nitrogens with one attached hydrogen (secondary N) is 5. The third-order valence-electron chi connectivity index (χ3n) is 10.6. The first-order chi connectivity index (χ1) is 33.3. The van der Waals surface area contributed by atoms with Crippen LogP contribution < -0.4 is 26.6 Å². The van der Waals surface area contributed by atoms with Gasteiger partial charge in [0.1, 0.15) is 33.9 Å². The average Bonchev–Trinajstić information content (AvgIpc) is 3.63. The zero-order valence-corrected chi connectivity index (χ0v) is 45.2. The van der Waals surface area contributed by atoms with E-state index in [2.05, 4.69) is 47.5 Å². The maximum Gasteiger partial charge on any atom is 0.419 e. The molecule has 1 aliphatic heterocycles. The highest BCUT2D eigenvalue weighted by Gasteiger charge is 2.34. The van der Waals surface area contributed by atoms with Gasteiger partial charge >= 0.3 is 18.3 Å². The van der Waals surface area contributed by atoms with E-state index in [-0.39, 0.29) is 51.1 Å². The number of benzene rings is 2. The van der Waals surface area contributed by atoms with Crippen LogP contribution in [-0.2, 0) is 48.1 Å². The SMILES string of the molecule is CN1C(=O)[C@H](CCCCNC(=O)OC(C)(C)C)NC(=O)/C(=C\CCNC(=O)OC(C)(C)C)NCc2cccnc2Sc2c(Cl)cc(Br)cc2CNC(=O)[C@@H]1Cc1cn(C(=O)OC(C)(C)C)c2ccccc12. The van der Waals surface area contributed by atoms with E-state index in [0.29, 0.717) is 54.3 Å². The van der Waals surface area contributed by atoms with Crippen molar-refractivity contribution in [3.63, 3.8) is 0 Å². The standard InChI is InChI=1S/C51H66BrClN8O9S/c1-49(2,3)68-46(65)55-22-14-13-19-38-45(64)60(10)40(26-33-30-61(48(67)70-51(7,8)9)39-21-12-11-18-35(33)39)43(63)58-29-32-25-34(52)27-36(53)41(32)71-44-31(17-15-23-54-44)28-57-37(42(62)59-38)20-16-24-56-47(66)69-50(4,5)6/h11-12,15,17-18,20-21,23,25,27,30,38,40,57H,13-14,16,19,22,24,26,28-29H2,1-10H3,(H,55,65)(H,56,66)(H,58,63)(H,59,62)/b37-20+/t38-,40-/m0/s1. The zero-order valence-electron chi connectivity index (χ0n) is 42.0. The number of unbranched alkanes of at least 4 members (excludes halogenated alkanes) is 1. The van der Waals surface area contributed by atoms with Crippen LogP contribution in [0.2, 0.25) is 5.02 Å². The third-order valence-corrected chi connectivity index (χ3v) is 12.7. The van der Waals surface area contributed by atoms with Crippen LogP contribution in [0.1, 0.15) is 105 Å². The second-order valence-corrected chi connectivity index (χ2v) is 22.3. The number of carbonyl (C=O) groups excluding carboxylic acids is 6. The molecule has 0 fully saturated rings. The van der Waals surface area contributed by atoms with E-state index in [9.17, 15) is 24.0 Å². The molecule has 2 aromatic carbocycles. The number of amides is 5. The van der Waals surface area contributed by atoms with E-state index in [0.717, 1.165) is 5.56 Å². The lowest BCUT2D eigenvalue weighted by Crippen LogP contribution is -2.55. The van der Waals surface area contributed by atoms with Crippen LogP contribution >= 0.6 is 39.3 Å². The molecule has 17 nitrogen and oxygen atoms in total. The number of pyridine rings is 1. The number of para-hydroxylation sites is 1. The number of nitrogens with zero attached hydrogens (tertiary/aromatic N) is 3. The molecule has 71 heavy (non-hydrogen) atoms. The Morgan fingerprint density at radius 2 is 1.51 bits per heavy atom. The Labute approximate surface area is 433 Å². The van der Waals surface area contributed by atoms with Gasteiger partial charge in [0.15, 0.2) is 0 Å². The lowest BCUT2D eigenvalue weighted by molar-refractivity contribution is -0.141. The van der Waals surface area contributed by atoms with Gasteiger partial charge in [0.2, 0.25) is 11.8 Å². The Bertz CT molecular complexity index is 2620. The molecule has 0 unspecified atom stereocenters. The summed E-state index contributed by atoms with van der Waals surface area (Å²) in [5, 5.41) is 16.4. The van der Waals surface area contributed by atoms with Gasteiger partial charge in [-0.2, -0.15) is 0 Å². The van der Waals surface area contributed by atoms with Gasteiger partial charge < -0.3 is 45.7 Å². The van der Waals surface area contributed by atoms with Crippen LogP contribution in [0.5, 0.6) is 0 Å². The molecule has 5 rings (SSSR count). The molecule has 0 radical (unpaired) electrons. The normalized spacial score (nSPS) is 17.0. The van der Waals surface area contributed by atoms with Gasteiger partial charge in [-0.1, -0.05) is 69.6 Å². The van der Waals surface area contributed by atoms with Gasteiger partial charge in [0.25, 0.3) is 5.91 Å². The van der Waals surface area contributed by atoms with Gasteiger partial charge in [-0.05, 0) is 123 Å². The zero-order chi connectivity index (χ0) is 52.3. The van der Waals surface area contributed by atoms with E-state index in [1.807, 2.05) is 24.3 Å². The molecule has 0 bridgehead atoms. The molecule has 20 heteroatoms. The quantitative estimate of drug-likeness (QED) is 0.0572. The molecular weight excluding hydrogens is 1020 g/mol. The summed E-state index contributed by atoms with van der Waals surface area (Å²) in [6.07, 6.45) is 4.15. The number of hydrogen-bond donors (Lipinski definition) is 5. The number of carbonyl (C=O) groups is 6. The summed E-state index contributed by atoms with van der Waals surface area (Å²) in [7, 11) is 1.51. The number of rotatable bonds is 10. The van der Waals surface area contributed by atoms with Crippen molar-refractivity contribution in [3.8, 4) is 0 Å². The minimum atomic E-state index is -1.18. The summed E-state index contributed by atoms with van der Waals surface area (Å²) in [5.74, 6) is -1.71. The molecule has 1 aliphatic rings. The second-order valence-electron chi connectivity index (χ2n) is 20.0.